The number of pyridine rings is 1. The molecule has 8 nitrogen and oxygen atoms in total. The maximum Gasteiger partial charge on any atom is 0.347 e. The minimum atomic E-state index is -0.608. The van der Waals surface area contributed by atoms with Crippen LogP contribution in [0.3, 0.4) is 0 Å². The van der Waals surface area contributed by atoms with Crippen LogP contribution in [0.5, 0.6) is 5.88 Å². The fourth-order valence-electron chi connectivity index (χ4n) is 2.95. The highest BCUT2D eigenvalue weighted by atomic mass is 35.5. The predicted octanol–water partition coefficient (Wildman–Crippen LogP) is 3.67. The Hall–Kier alpha value is -3.70. The quantitative estimate of drug-likeness (QED) is 0.508. The summed E-state index contributed by atoms with van der Waals surface area (Å²) in [5, 5.41) is 14.1. The van der Waals surface area contributed by atoms with E-state index in [-0.39, 0.29) is 11.3 Å². The number of aromatic nitrogens is 4. The molecule has 0 spiro atoms. The molecule has 9 heteroatoms. The maximum absolute atomic E-state index is 12.6. The van der Waals surface area contributed by atoms with Crippen LogP contribution in [0.1, 0.15) is 18.1 Å². The van der Waals surface area contributed by atoms with E-state index in [2.05, 4.69) is 15.1 Å². The molecule has 4 aromatic rings. The molecule has 0 radical (unpaired) electrons. The van der Waals surface area contributed by atoms with Crippen molar-refractivity contribution in [2.45, 2.75) is 13.8 Å². The van der Waals surface area contributed by atoms with Crippen molar-refractivity contribution in [1.29, 1.82) is 5.26 Å². The molecule has 0 unspecified atom stereocenters. The summed E-state index contributed by atoms with van der Waals surface area (Å²) < 4.78 is 12.4. The highest BCUT2D eigenvalue weighted by molar-refractivity contribution is 6.32. The first-order chi connectivity index (χ1) is 14.0. The van der Waals surface area contributed by atoms with Gasteiger partial charge in [-0.25, -0.2) is 19.4 Å². The van der Waals surface area contributed by atoms with Crippen LogP contribution in [-0.2, 0) is 0 Å². The second-order valence-electron chi connectivity index (χ2n) is 6.13. The number of ether oxygens (including phenoxy) is 1. The van der Waals surface area contributed by atoms with Gasteiger partial charge in [-0.05, 0) is 43.7 Å². The Labute approximate surface area is 170 Å². The van der Waals surface area contributed by atoms with Crippen molar-refractivity contribution in [3.63, 3.8) is 0 Å². The van der Waals surface area contributed by atoms with E-state index in [0.717, 1.165) is 0 Å². The van der Waals surface area contributed by atoms with Gasteiger partial charge < -0.3 is 9.15 Å². The molecule has 0 aliphatic heterocycles. The van der Waals surface area contributed by atoms with Gasteiger partial charge in [-0.3, -0.25) is 0 Å². The zero-order valence-electron chi connectivity index (χ0n) is 15.5. The Morgan fingerprint density at radius 1 is 1.34 bits per heavy atom. The lowest BCUT2D eigenvalue weighted by Crippen LogP contribution is -2.08. The van der Waals surface area contributed by atoms with Crippen molar-refractivity contribution < 1.29 is 9.15 Å². The van der Waals surface area contributed by atoms with E-state index in [0.29, 0.717) is 45.7 Å². The number of nitrogens with zero attached hydrogens (tertiary/aromatic N) is 5. The Bertz CT molecular complexity index is 1340. The van der Waals surface area contributed by atoms with Gasteiger partial charge in [0.2, 0.25) is 11.8 Å². The summed E-state index contributed by atoms with van der Waals surface area (Å²) in [6.45, 7) is 4.01. The van der Waals surface area contributed by atoms with E-state index in [1.165, 1.54) is 10.7 Å². The Morgan fingerprint density at radius 2 is 2.17 bits per heavy atom. The van der Waals surface area contributed by atoms with Crippen LogP contribution in [0, 0.1) is 18.3 Å². The van der Waals surface area contributed by atoms with E-state index >= 15 is 0 Å². The van der Waals surface area contributed by atoms with Gasteiger partial charge in [-0.15, -0.1) is 5.10 Å². The second-order valence-corrected chi connectivity index (χ2v) is 6.54. The highest BCUT2D eigenvalue weighted by Gasteiger charge is 2.20. The number of hydrogen-bond donors (Lipinski definition) is 0. The van der Waals surface area contributed by atoms with E-state index in [1.54, 1.807) is 37.4 Å². The van der Waals surface area contributed by atoms with Crippen LogP contribution < -0.4 is 10.4 Å². The smallest absolute Gasteiger partial charge is 0.347 e. The number of hydrogen-bond acceptors (Lipinski definition) is 7. The lowest BCUT2D eigenvalue weighted by Gasteiger charge is -2.08. The van der Waals surface area contributed by atoms with Gasteiger partial charge in [0.1, 0.15) is 5.69 Å². The van der Waals surface area contributed by atoms with Crippen LogP contribution in [-0.4, -0.2) is 26.4 Å². The topological polar surface area (TPSA) is 107 Å². The average molecular weight is 408 g/mol. The van der Waals surface area contributed by atoms with E-state index in [4.69, 9.17) is 26.0 Å². The first kappa shape index (κ1) is 18.7. The largest absolute Gasteiger partial charge is 0.477 e. The van der Waals surface area contributed by atoms with Crippen LogP contribution in [0.4, 0.5) is 0 Å². The van der Waals surface area contributed by atoms with Crippen molar-refractivity contribution in [3.8, 4) is 29.4 Å². The molecule has 0 saturated heterocycles. The summed E-state index contributed by atoms with van der Waals surface area (Å²) in [6, 6.07) is 10.1. The molecule has 29 heavy (non-hydrogen) atoms. The number of fused-ring (bicyclic) bond motifs is 1. The molecule has 0 atom stereocenters. The van der Waals surface area contributed by atoms with E-state index in [1.807, 2.05) is 13.0 Å². The molecular weight excluding hydrogens is 394 g/mol. The molecule has 1 aromatic carbocycles. The van der Waals surface area contributed by atoms with Crippen molar-refractivity contribution in [2.75, 3.05) is 6.61 Å². The van der Waals surface area contributed by atoms with Gasteiger partial charge in [0.15, 0.2) is 5.82 Å². The number of aryl methyl sites for hydroxylation is 1. The molecular formula is C20H14ClN5O3. The van der Waals surface area contributed by atoms with Crippen LogP contribution in [0.25, 0.3) is 28.3 Å². The summed E-state index contributed by atoms with van der Waals surface area (Å²) in [5.74, 6) is 0.692. The van der Waals surface area contributed by atoms with Gasteiger partial charge in [0, 0.05) is 12.3 Å². The average Bonchev–Trinajstić information content (AvgIpc) is 3.12. The number of rotatable bonds is 4. The third kappa shape index (κ3) is 3.32. The standard InChI is InChI=1S/C20H14ClN5O3/c1-3-28-16-9-15(26(25-16)18-14(21)5-4-6-23-18)19-24-17-11(2)7-12(10-22)8-13(17)20(27)29-19/h4-9H,3H2,1-2H3. The SMILES string of the molecule is CCOc1cc(-c2nc3c(C)cc(C#N)cc3c(=O)o2)n(-c2ncccc2Cl)n1. The molecule has 0 fully saturated rings. The summed E-state index contributed by atoms with van der Waals surface area (Å²) in [7, 11) is 0. The monoisotopic (exact) mass is 407 g/mol. The fraction of sp³-hybridized carbons (Fsp3) is 0.150. The first-order valence-electron chi connectivity index (χ1n) is 8.71. The molecule has 0 N–H and O–H groups in total. The summed E-state index contributed by atoms with van der Waals surface area (Å²) >= 11 is 6.28. The second kappa shape index (κ2) is 7.37. The first-order valence-corrected chi connectivity index (χ1v) is 9.09. The summed E-state index contributed by atoms with van der Waals surface area (Å²) in [5.41, 5.74) is 1.23. The molecule has 0 aliphatic rings. The van der Waals surface area contributed by atoms with Gasteiger partial charge >= 0.3 is 5.63 Å². The van der Waals surface area contributed by atoms with Crippen molar-refractivity contribution >= 4 is 22.5 Å². The van der Waals surface area contributed by atoms with Crippen LogP contribution >= 0.6 is 11.6 Å². The Morgan fingerprint density at radius 3 is 2.90 bits per heavy atom. The number of benzene rings is 1. The zero-order valence-corrected chi connectivity index (χ0v) is 16.3. The molecule has 0 bridgehead atoms. The van der Waals surface area contributed by atoms with Crippen molar-refractivity contribution in [3.05, 3.63) is 63.1 Å². The lowest BCUT2D eigenvalue weighted by atomic mass is 10.1. The molecule has 144 valence electrons. The minimum Gasteiger partial charge on any atom is -0.477 e. The normalized spacial score (nSPS) is 10.8. The van der Waals surface area contributed by atoms with Gasteiger partial charge in [-0.1, -0.05) is 11.6 Å². The van der Waals surface area contributed by atoms with Crippen LogP contribution in [0.15, 0.2) is 45.7 Å². The lowest BCUT2D eigenvalue weighted by molar-refractivity contribution is 0.324. The van der Waals surface area contributed by atoms with E-state index < -0.39 is 5.63 Å². The van der Waals surface area contributed by atoms with Gasteiger partial charge in [0.05, 0.1) is 34.2 Å². The molecule has 3 aromatic heterocycles. The predicted molar refractivity (Wildman–Crippen MR) is 106 cm³/mol. The highest BCUT2D eigenvalue weighted by Crippen LogP contribution is 2.29. The summed E-state index contributed by atoms with van der Waals surface area (Å²) in [6.07, 6.45) is 1.57. The molecule has 4 rings (SSSR count). The van der Waals surface area contributed by atoms with Crippen molar-refractivity contribution in [1.82, 2.24) is 19.7 Å². The molecule has 3 heterocycles. The third-order valence-corrected chi connectivity index (χ3v) is 4.49. The minimum absolute atomic E-state index is 0.0375. The zero-order chi connectivity index (χ0) is 20.5. The summed E-state index contributed by atoms with van der Waals surface area (Å²) in [4.78, 5) is 21.4. The van der Waals surface area contributed by atoms with Crippen molar-refractivity contribution in [2.24, 2.45) is 0 Å². The molecule has 0 amide bonds. The van der Waals surface area contributed by atoms with E-state index in [9.17, 15) is 4.79 Å². The fourth-order valence-corrected chi connectivity index (χ4v) is 3.15. The molecule has 0 aliphatic carbocycles. The molecule has 0 saturated carbocycles. The number of nitriles is 1. The Kier molecular flexibility index (Phi) is 4.74. The maximum atomic E-state index is 12.6. The van der Waals surface area contributed by atoms with Gasteiger partial charge in [0.25, 0.3) is 0 Å². The number of halogens is 1. The van der Waals surface area contributed by atoms with Gasteiger partial charge in [-0.2, -0.15) is 5.26 Å². The van der Waals surface area contributed by atoms with Crippen LogP contribution in [0.2, 0.25) is 5.02 Å². The Balaban J connectivity index is 1.99. The third-order valence-electron chi connectivity index (χ3n) is 4.19.